The lowest BCUT2D eigenvalue weighted by Crippen LogP contribution is -2.30. The maximum absolute atomic E-state index is 11.4. The lowest BCUT2D eigenvalue weighted by molar-refractivity contribution is -0.0444. The van der Waals surface area contributed by atoms with Gasteiger partial charge >= 0.3 is 11.0 Å². The number of hydrogen-bond donors (Lipinski definition) is 0. The molecule has 0 amide bonds. The van der Waals surface area contributed by atoms with Gasteiger partial charge in [0.25, 0.3) is 0 Å². The van der Waals surface area contributed by atoms with Gasteiger partial charge in [-0.05, 0) is 12.6 Å². The Morgan fingerprint density at radius 2 is 1.50 bits per heavy atom. The Balaban J connectivity index is 0.000000502. The fourth-order valence-corrected chi connectivity index (χ4v) is 3.03. The summed E-state index contributed by atoms with van der Waals surface area (Å²) in [7, 11) is -13.4. The van der Waals surface area contributed by atoms with Crippen molar-refractivity contribution in [1.29, 1.82) is 0 Å². The number of unbranched alkanes of at least 4 members (excludes halogenated alkanes) is 1. The van der Waals surface area contributed by atoms with Crippen molar-refractivity contribution in [1.82, 2.24) is 9.80 Å². The number of halogens is 6. The van der Waals surface area contributed by atoms with E-state index in [1.807, 2.05) is 6.20 Å². The van der Waals surface area contributed by atoms with Crippen LogP contribution in [0, 0.1) is 0 Å². The van der Waals surface area contributed by atoms with Crippen molar-refractivity contribution in [2.24, 2.45) is 0 Å². The molecule has 26 heavy (non-hydrogen) atoms. The van der Waals surface area contributed by atoms with Crippen molar-refractivity contribution >= 4 is 20.0 Å². The maximum Gasteiger partial charge on any atom is 0.480 e. The summed E-state index contributed by atoms with van der Waals surface area (Å²) in [6.45, 7) is 8.06. The highest BCUT2D eigenvalue weighted by molar-refractivity contribution is 8.13. The molecule has 0 aromatic rings. The largest absolute Gasteiger partial charge is 0.480 e. The normalized spacial score (nSPS) is 15.7. The minimum absolute atomic E-state index is 0.778. The molecule has 15 heteroatoms. The predicted molar refractivity (Wildman–Crippen MR) is 81.0 cm³/mol. The average Bonchev–Trinajstić information content (AvgIpc) is 2.90. The summed E-state index contributed by atoms with van der Waals surface area (Å²) in [5.41, 5.74) is -12.4. The minimum atomic E-state index is -6.72. The summed E-state index contributed by atoms with van der Waals surface area (Å²) in [5.74, 6) is 0. The van der Waals surface area contributed by atoms with E-state index in [0.29, 0.717) is 0 Å². The Morgan fingerprint density at radius 1 is 1.04 bits per heavy atom. The first-order chi connectivity index (χ1) is 11.6. The molecule has 1 aliphatic heterocycles. The average molecular weight is 432 g/mol. The molecule has 0 aliphatic carbocycles. The van der Waals surface area contributed by atoms with Gasteiger partial charge < -0.3 is 13.9 Å². The lowest BCUT2D eigenvalue weighted by atomic mass is 10.3. The standard InChI is InChI=1S/C9H16N2.C2F6NO4S2/c1-3-5-6-11-8-7-10(4-2)9-11;3-1(4,5)14(10,11)9-15(12,13)2(6,7)8/h4,7-8H,2-3,5-6,9H2,1H3;/q;-1. The third kappa shape index (κ3) is 7.41. The van der Waals surface area contributed by atoms with Gasteiger partial charge in [0.05, 0.1) is 6.67 Å². The third-order valence-corrected chi connectivity index (χ3v) is 5.37. The van der Waals surface area contributed by atoms with Crippen LogP contribution in [0.4, 0.5) is 26.3 Å². The molecule has 1 aliphatic rings. The van der Waals surface area contributed by atoms with E-state index in [1.165, 1.54) is 12.8 Å². The van der Waals surface area contributed by atoms with E-state index in [1.54, 1.807) is 0 Å². The quantitative estimate of drug-likeness (QED) is 0.600. The van der Waals surface area contributed by atoms with Crippen LogP contribution in [-0.2, 0) is 20.0 Å². The fourth-order valence-electron chi connectivity index (χ4n) is 1.32. The molecule has 0 aromatic heterocycles. The van der Waals surface area contributed by atoms with E-state index in [9.17, 15) is 43.2 Å². The third-order valence-electron chi connectivity index (χ3n) is 2.63. The summed E-state index contributed by atoms with van der Waals surface area (Å²) in [5, 5.41) is 0. The number of sulfonamides is 2. The Morgan fingerprint density at radius 3 is 1.81 bits per heavy atom. The van der Waals surface area contributed by atoms with Crippen LogP contribution in [0.3, 0.4) is 0 Å². The highest BCUT2D eigenvalue weighted by Gasteiger charge is 2.46. The van der Waals surface area contributed by atoms with Crippen molar-refractivity contribution in [3.05, 3.63) is 29.3 Å². The van der Waals surface area contributed by atoms with E-state index < -0.39 is 31.1 Å². The highest BCUT2D eigenvalue weighted by atomic mass is 32.3. The van der Waals surface area contributed by atoms with Gasteiger partial charge in [-0.15, -0.1) is 0 Å². The van der Waals surface area contributed by atoms with Gasteiger partial charge in [-0.25, -0.2) is 16.8 Å². The summed E-state index contributed by atoms with van der Waals surface area (Å²) in [6.07, 6.45) is 8.57. The minimum Gasteiger partial charge on any atom is -0.421 e. The number of alkyl halides is 6. The smallest absolute Gasteiger partial charge is 0.421 e. The Labute approximate surface area is 147 Å². The molecule has 0 spiro atoms. The van der Waals surface area contributed by atoms with Gasteiger partial charge in [-0.3, -0.25) is 0 Å². The second-order valence-electron chi connectivity index (χ2n) is 4.72. The molecule has 0 saturated heterocycles. The van der Waals surface area contributed by atoms with Crippen LogP contribution in [0.5, 0.6) is 0 Å². The Hall–Kier alpha value is -1.48. The Bertz CT molecular complexity index is 658. The summed E-state index contributed by atoms with van der Waals surface area (Å²) in [6, 6.07) is 0. The summed E-state index contributed by atoms with van der Waals surface area (Å²) < 4.78 is 109. The first-order valence-corrected chi connectivity index (χ1v) is 9.63. The van der Waals surface area contributed by atoms with E-state index in [-0.39, 0.29) is 0 Å². The molecule has 0 radical (unpaired) electrons. The van der Waals surface area contributed by atoms with Crippen LogP contribution in [0.1, 0.15) is 19.8 Å². The molecule has 0 aromatic carbocycles. The fraction of sp³-hybridized carbons (Fsp3) is 0.636. The maximum atomic E-state index is 11.4. The number of hydrogen-bond acceptors (Lipinski definition) is 6. The van der Waals surface area contributed by atoms with Crippen LogP contribution in [-0.4, -0.2) is 50.9 Å². The zero-order valence-corrected chi connectivity index (χ0v) is 15.0. The van der Waals surface area contributed by atoms with Crippen molar-refractivity contribution in [2.75, 3.05) is 13.2 Å². The first kappa shape index (κ1) is 24.5. The SMILES string of the molecule is C=CN1C=CN(CCCC)C1.O=S(=O)([N-]S(=O)(=O)C(F)(F)F)C(F)(F)F. The second kappa shape index (κ2) is 8.94. The van der Waals surface area contributed by atoms with E-state index in [2.05, 4.69) is 35.7 Å². The zero-order valence-electron chi connectivity index (χ0n) is 13.3. The summed E-state index contributed by atoms with van der Waals surface area (Å²) >= 11 is 0. The van der Waals surface area contributed by atoms with Crippen molar-refractivity contribution in [3.8, 4) is 0 Å². The van der Waals surface area contributed by atoms with E-state index in [0.717, 1.165) is 17.3 Å². The van der Waals surface area contributed by atoms with Gasteiger partial charge in [0.2, 0.25) is 0 Å². The number of rotatable bonds is 6. The lowest BCUT2D eigenvalue weighted by Gasteiger charge is -2.22. The topological polar surface area (TPSA) is 88.9 Å². The molecule has 154 valence electrons. The molecular weight excluding hydrogens is 416 g/mol. The molecular formula is C11H16F6N3O4S2-. The van der Waals surface area contributed by atoms with Gasteiger partial charge in [-0.2, -0.15) is 26.3 Å². The number of nitrogens with zero attached hydrogens (tertiary/aromatic N) is 3. The molecule has 0 bridgehead atoms. The van der Waals surface area contributed by atoms with Gasteiger partial charge in [-0.1, -0.05) is 19.9 Å². The van der Waals surface area contributed by atoms with Gasteiger partial charge in [0.15, 0.2) is 20.0 Å². The molecule has 0 unspecified atom stereocenters. The summed E-state index contributed by atoms with van der Waals surface area (Å²) in [4.78, 5) is 4.38. The van der Waals surface area contributed by atoms with Crippen LogP contribution >= 0.6 is 0 Å². The molecule has 0 fully saturated rings. The zero-order chi connectivity index (χ0) is 20.8. The highest BCUT2D eigenvalue weighted by Crippen LogP contribution is 2.36. The van der Waals surface area contributed by atoms with Crippen molar-refractivity contribution in [2.45, 2.75) is 30.8 Å². The predicted octanol–water partition coefficient (Wildman–Crippen LogP) is 3.04. The van der Waals surface area contributed by atoms with E-state index >= 15 is 0 Å². The molecule has 0 N–H and O–H groups in total. The van der Waals surface area contributed by atoms with Crippen LogP contribution < -0.4 is 0 Å². The molecule has 1 heterocycles. The van der Waals surface area contributed by atoms with Crippen LogP contribution in [0.15, 0.2) is 25.2 Å². The molecule has 7 nitrogen and oxygen atoms in total. The first-order valence-electron chi connectivity index (χ1n) is 6.75. The van der Waals surface area contributed by atoms with Crippen molar-refractivity contribution < 1.29 is 43.2 Å². The van der Waals surface area contributed by atoms with Crippen molar-refractivity contribution in [3.63, 3.8) is 0 Å². The Kier molecular flexibility index (Phi) is 8.43. The van der Waals surface area contributed by atoms with Gasteiger partial charge in [0, 0.05) is 18.9 Å². The molecule has 0 saturated carbocycles. The monoisotopic (exact) mass is 432 g/mol. The van der Waals surface area contributed by atoms with Crippen LogP contribution in [0.2, 0.25) is 0 Å². The van der Waals surface area contributed by atoms with Gasteiger partial charge in [0.1, 0.15) is 0 Å². The van der Waals surface area contributed by atoms with Crippen LogP contribution in [0.25, 0.3) is 4.13 Å². The van der Waals surface area contributed by atoms with E-state index in [4.69, 9.17) is 0 Å². The molecule has 1 rings (SSSR count). The molecule has 0 atom stereocenters. The second-order valence-corrected chi connectivity index (χ2v) is 8.14.